The summed E-state index contributed by atoms with van der Waals surface area (Å²) < 4.78 is 1.69. The van der Waals surface area contributed by atoms with Gasteiger partial charge in [0.15, 0.2) is 0 Å². The molecular formula is C18H15N5OS2. The van der Waals surface area contributed by atoms with Crippen LogP contribution in [0.15, 0.2) is 59.8 Å². The summed E-state index contributed by atoms with van der Waals surface area (Å²) in [5, 5.41) is 11.8. The number of aromatic nitrogens is 4. The lowest BCUT2D eigenvalue weighted by Crippen LogP contribution is -2.26. The van der Waals surface area contributed by atoms with Crippen molar-refractivity contribution >= 4 is 28.6 Å². The van der Waals surface area contributed by atoms with Gasteiger partial charge in [0.1, 0.15) is 23.4 Å². The number of carbonyl (C=O) groups excluding carboxylic acids is 1. The van der Waals surface area contributed by atoms with Gasteiger partial charge >= 0.3 is 0 Å². The average molecular weight is 381 g/mol. The van der Waals surface area contributed by atoms with E-state index < -0.39 is 0 Å². The molecule has 1 N–H and O–H groups in total. The van der Waals surface area contributed by atoms with Crippen molar-refractivity contribution in [1.82, 2.24) is 25.1 Å². The maximum absolute atomic E-state index is 12.5. The molecule has 0 unspecified atom stereocenters. The molecule has 0 saturated carbocycles. The fraction of sp³-hybridized carbons (Fsp3) is 0.111. The quantitative estimate of drug-likeness (QED) is 0.568. The Morgan fingerprint density at radius 3 is 2.73 bits per heavy atom. The number of nitrogens with one attached hydrogen (secondary N) is 1. The molecule has 0 fully saturated rings. The summed E-state index contributed by atoms with van der Waals surface area (Å²) in [4.78, 5) is 21.9. The third kappa shape index (κ3) is 3.42. The van der Waals surface area contributed by atoms with Crippen LogP contribution in [0.2, 0.25) is 0 Å². The molecule has 0 radical (unpaired) electrons. The van der Waals surface area contributed by atoms with Crippen molar-refractivity contribution in [3.8, 4) is 15.6 Å². The van der Waals surface area contributed by atoms with E-state index in [1.807, 2.05) is 48.7 Å². The Bertz CT molecular complexity index is 991. The molecule has 0 aliphatic rings. The highest BCUT2D eigenvalue weighted by Crippen LogP contribution is 2.28. The topological polar surface area (TPSA) is 72.7 Å². The normalized spacial score (nSPS) is 12.0. The van der Waals surface area contributed by atoms with Gasteiger partial charge in [-0.25, -0.2) is 14.6 Å². The van der Waals surface area contributed by atoms with Gasteiger partial charge in [-0.3, -0.25) is 4.79 Å². The van der Waals surface area contributed by atoms with Gasteiger partial charge < -0.3 is 5.32 Å². The van der Waals surface area contributed by atoms with Crippen molar-refractivity contribution in [2.24, 2.45) is 0 Å². The van der Waals surface area contributed by atoms with Gasteiger partial charge in [0, 0.05) is 5.38 Å². The first kappa shape index (κ1) is 16.6. The van der Waals surface area contributed by atoms with Crippen LogP contribution in [0.5, 0.6) is 0 Å². The number of nitrogens with zero attached hydrogens (tertiary/aromatic N) is 4. The summed E-state index contributed by atoms with van der Waals surface area (Å²) in [6, 6.07) is 11.7. The van der Waals surface area contributed by atoms with Crippen LogP contribution >= 0.6 is 22.7 Å². The second-order valence-electron chi connectivity index (χ2n) is 5.64. The number of hydrogen-bond acceptors (Lipinski definition) is 6. The number of hydrogen-bond donors (Lipinski definition) is 1. The van der Waals surface area contributed by atoms with Crippen molar-refractivity contribution in [3.63, 3.8) is 0 Å². The summed E-state index contributed by atoms with van der Waals surface area (Å²) in [5.74, 6) is -0.170. The van der Waals surface area contributed by atoms with Crippen LogP contribution < -0.4 is 5.32 Å². The molecule has 8 heteroatoms. The summed E-state index contributed by atoms with van der Waals surface area (Å²) in [6.45, 7) is 1.95. The number of amides is 1. The van der Waals surface area contributed by atoms with E-state index in [0.717, 1.165) is 21.1 Å². The Hall–Kier alpha value is -2.84. The average Bonchev–Trinajstić information content (AvgIpc) is 3.43. The monoisotopic (exact) mass is 381 g/mol. The minimum absolute atomic E-state index is 0.126. The Kier molecular flexibility index (Phi) is 4.59. The van der Waals surface area contributed by atoms with Crippen molar-refractivity contribution < 1.29 is 4.79 Å². The molecule has 1 amide bonds. The van der Waals surface area contributed by atoms with E-state index in [4.69, 9.17) is 0 Å². The van der Waals surface area contributed by atoms with Gasteiger partial charge in [0.25, 0.3) is 5.91 Å². The van der Waals surface area contributed by atoms with Gasteiger partial charge in [0.05, 0.1) is 16.6 Å². The van der Waals surface area contributed by atoms with E-state index >= 15 is 0 Å². The predicted octanol–water partition coefficient (Wildman–Crippen LogP) is 3.94. The number of thiazole rings is 1. The number of thiophene rings is 1. The van der Waals surface area contributed by atoms with E-state index in [-0.39, 0.29) is 11.9 Å². The Labute approximate surface area is 158 Å². The van der Waals surface area contributed by atoms with E-state index in [1.165, 1.54) is 17.7 Å². The molecule has 4 aromatic rings. The van der Waals surface area contributed by atoms with Gasteiger partial charge in [-0.05, 0) is 36.1 Å². The first-order valence-electron chi connectivity index (χ1n) is 7.96. The molecule has 0 bridgehead atoms. The fourth-order valence-electron chi connectivity index (χ4n) is 2.50. The van der Waals surface area contributed by atoms with Crippen molar-refractivity contribution in [2.75, 3.05) is 0 Å². The number of rotatable bonds is 5. The molecule has 0 spiro atoms. The fourth-order valence-corrected chi connectivity index (χ4v) is 4.12. The van der Waals surface area contributed by atoms with Crippen molar-refractivity contribution in [1.29, 1.82) is 0 Å². The molecule has 1 aromatic carbocycles. The van der Waals surface area contributed by atoms with Crippen molar-refractivity contribution in [2.45, 2.75) is 13.0 Å². The lowest BCUT2D eigenvalue weighted by atomic mass is 10.1. The van der Waals surface area contributed by atoms with Crippen LogP contribution in [0.3, 0.4) is 0 Å². The van der Waals surface area contributed by atoms with E-state index in [2.05, 4.69) is 20.4 Å². The number of benzene rings is 1. The Morgan fingerprint density at radius 1 is 1.19 bits per heavy atom. The first-order chi connectivity index (χ1) is 12.7. The van der Waals surface area contributed by atoms with Crippen LogP contribution in [0.1, 0.15) is 29.0 Å². The van der Waals surface area contributed by atoms with Gasteiger partial charge in [0.2, 0.25) is 0 Å². The maximum Gasteiger partial charge on any atom is 0.271 e. The highest BCUT2D eigenvalue weighted by Gasteiger charge is 2.15. The number of carbonyl (C=O) groups is 1. The van der Waals surface area contributed by atoms with Gasteiger partial charge in [-0.1, -0.05) is 18.2 Å². The maximum atomic E-state index is 12.5. The van der Waals surface area contributed by atoms with Crippen LogP contribution in [0, 0.1) is 0 Å². The summed E-state index contributed by atoms with van der Waals surface area (Å²) in [6.07, 6.45) is 3.14. The standard InChI is InChI=1S/C18H15N5OS2/c1-12(13-4-6-14(7-5-13)23-11-19-10-20-23)21-17(24)15-9-26-18(22-15)16-3-2-8-25-16/h2-12H,1H3,(H,21,24)/t12-/m0/s1. The first-order valence-corrected chi connectivity index (χ1v) is 9.72. The van der Waals surface area contributed by atoms with Gasteiger partial charge in [-0.2, -0.15) is 5.10 Å². The highest BCUT2D eigenvalue weighted by molar-refractivity contribution is 7.20. The molecule has 0 saturated heterocycles. The zero-order valence-electron chi connectivity index (χ0n) is 13.9. The lowest BCUT2D eigenvalue weighted by molar-refractivity contribution is 0.0935. The SMILES string of the molecule is C[C@H](NC(=O)c1csc(-c2cccs2)n1)c1ccc(-n2cncn2)cc1. The van der Waals surface area contributed by atoms with Gasteiger partial charge in [-0.15, -0.1) is 22.7 Å². The highest BCUT2D eigenvalue weighted by atomic mass is 32.1. The zero-order chi connectivity index (χ0) is 17.9. The van der Waals surface area contributed by atoms with E-state index in [9.17, 15) is 4.79 Å². The largest absolute Gasteiger partial charge is 0.344 e. The predicted molar refractivity (Wildman–Crippen MR) is 103 cm³/mol. The minimum Gasteiger partial charge on any atom is -0.344 e. The third-order valence-electron chi connectivity index (χ3n) is 3.89. The third-order valence-corrected chi connectivity index (χ3v) is 5.77. The van der Waals surface area contributed by atoms with Crippen LogP contribution in [0.4, 0.5) is 0 Å². The van der Waals surface area contributed by atoms with Crippen LogP contribution in [-0.2, 0) is 0 Å². The zero-order valence-corrected chi connectivity index (χ0v) is 15.5. The van der Waals surface area contributed by atoms with Crippen LogP contribution in [-0.4, -0.2) is 25.7 Å². The van der Waals surface area contributed by atoms with Crippen LogP contribution in [0.25, 0.3) is 15.6 Å². The summed E-state index contributed by atoms with van der Waals surface area (Å²) in [7, 11) is 0. The molecule has 26 heavy (non-hydrogen) atoms. The summed E-state index contributed by atoms with van der Waals surface area (Å²) in [5.41, 5.74) is 2.38. The Balaban J connectivity index is 1.44. The molecule has 130 valence electrons. The molecule has 4 rings (SSSR count). The molecule has 3 aromatic heterocycles. The molecule has 0 aliphatic heterocycles. The Morgan fingerprint density at radius 2 is 2.04 bits per heavy atom. The second kappa shape index (κ2) is 7.19. The molecule has 0 aliphatic carbocycles. The minimum atomic E-state index is -0.170. The van der Waals surface area contributed by atoms with Crippen molar-refractivity contribution in [3.05, 3.63) is 71.1 Å². The summed E-state index contributed by atoms with van der Waals surface area (Å²) >= 11 is 3.10. The molecule has 6 nitrogen and oxygen atoms in total. The smallest absolute Gasteiger partial charge is 0.271 e. The van der Waals surface area contributed by atoms with E-state index in [0.29, 0.717) is 5.69 Å². The molecule has 3 heterocycles. The van der Waals surface area contributed by atoms with E-state index in [1.54, 1.807) is 27.7 Å². The second-order valence-corrected chi connectivity index (χ2v) is 7.45. The molecule has 1 atom stereocenters. The lowest BCUT2D eigenvalue weighted by Gasteiger charge is -2.14. The molecular weight excluding hydrogens is 366 g/mol.